The quantitative estimate of drug-likeness (QED) is 0.639. The van der Waals surface area contributed by atoms with Crippen LogP contribution in [0.5, 0.6) is 0 Å². The molecule has 0 bridgehead atoms. The fourth-order valence-electron chi connectivity index (χ4n) is 1.85. The van der Waals surface area contributed by atoms with Crippen LogP contribution in [-0.4, -0.2) is 11.0 Å². The van der Waals surface area contributed by atoms with Crippen molar-refractivity contribution in [2.24, 2.45) is 0 Å². The number of carbonyl (C=O) groups is 1. The molecule has 0 aromatic heterocycles. The Morgan fingerprint density at radius 3 is 2.33 bits per heavy atom. The lowest BCUT2D eigenvalue weighted by atomic mass is 10.2. The van der Waals surface area contributed by atoms with Crippen molar-refractivity contribution in [2.75, 3.05) is 10.8 Å². The lowest BCUT2D eigenvalue weighted by Crippen LogP contribution is -2.40. The molecule has 0 spiro atoms. The molecule has 0 radical (unpaired) electrons. The third-order valence-corrected chi connectivity index (χ3v) is 3.57. The zero-order valence-electron chi connectivity index (χ0n) is 11.7. The summed E-state index contributed by atoms with van der Waals surface area (Å²) in [5.41, 5.74) is 5.01. The van der Waals surface area contributed by atoms with Gasteiger partial charge in [-0.25, -0.2) is 0 Å². The molecule has 0 saturated carbocycles. The molecule has 108 valence electrons. The predicted octanol–water partition coefficient (Wildman–Crippen LogP) is 4.24. The van der Waals surface area contributed by atoms with Gasteiger partial charge in [-0.1, -0.05) is 66.4 Å². The predicted molar refractivity (Wildman–Crippen MR) is 90.3 cm³/mol. The summed E-state index contributed by atoms with van der Waals surface area (Å²) >= 11 is 1.20. The molecule has 3 nitrogen and oxygen atoms in total. The van der Waals surface area contributed by atoms with Gasteiger partial charge in [-0.05, 0) is 17.7 Å². The van der Waals surface area contributed by atoms with E-state index >= 15 is 0 Å². The van der Waals surface area contributed by atoms with E-state index in [1.807, 2.05) is 65.7 Å². The van der Waals surface area contributed by atoms with Gasteiger partial charge in [0, 0.05) is 5.75 Å². The molecule has 0 unspecified atom stereocenters. The van der Waals surface area contributed by atoms with E-state index in [0.29, 0.717) is 12.3 Å². The molecule has 1 amide bonds. The number of thioether (sulfide) groups is 1. The third-order valence-electron chi connectivity index (χ3n) is 2.81. The van der Waals surface area contributed by atoms with Crippen molar-refractivity contribution in [1.29, 1.82) is 0 Å². The molecular formula is C17H18N2OS. The Bertz CT molecular complexity index is 572. The average Bonchev–Trinajstić information content (AvgIpc) is 2.54. The van der Waals surface area contributed by atoms with Crippen molar-refractivity contribution in [3.05, 3.63) is 78.9 Å². The van der Waals surface area contributed by atoms with Crippen LogP contribution >= 0.6 is 11.8 Å². The van der Waals surface area contributed by atoms with Gasteiger partial charge in [-0.15, -0.1) is 6.58 Å². The maximum Gasteiger partial charge on any atom is 0.297 e. The standard InChI is InChI=1S/C17H18N2OS/c1-2-13-21-17(20)18-19(16-11-7-4-8-12-16)14-15-9-5-3-6-10-15/h2-12H,1,13-14H2,(H,18,20). The van der Waals surface area contributed by atoms with Gasteiger partial charge >= 0.3 is 0 Å². The summed E-state index contributed by atoms with van der Waals surface area (Å²) in [7, 11) is 0. The number of para-hydroxylation sites is 1. The van der Waals surface area contributed by atoms with Crippen molar-refractivity contribution >= 4 is 22.7 Å². The van der Waals surface area contributed by atoms with E-state index in [1.54, 1.807) is 6.08 Å². The van der Waals surface area contributed by atoms with E-state index in [1.165, 1.54) is 11.8 Å². The van der Waals surface area contributed by atoms with Crippen LogP contribution in [0.3, 0.4) is 0 Å². The normalized spacial score (nSPS) is 9.90. The maximum atomic E-state index is 11.9. The molecule has 0 aliphatic heterocycles. The summed E-state index contributed by atoms with van der Waals surface area (Å²) in [5.74, 6) is 0.597. The molecular weight excluding hydrogens is 280 g/mol. The minimum atomic E-state index is -0.0883. The van der Waals surface area contributed by atoms with Crippen LogP contribution < -0.4 is 10.4 Å². The van der Waals surface area contributed by atoms with Crippen LogP contribution in [0.25, 0.3) is 0 Å². The number of nitrogens with zero attached hydrogens (tertiary/aromatic N) is 1. The second-order valence-electron chi connectivity index (χ2n) is 4.41. The molecule has 0 aliphatic carbocycles. The van der Waals surface area contributed by atoms with E-state index < -0.39 is 0 Å². The first-order valence-corrected chi connectivity index (χ1v) is 7.69. The van der Waals surface area contributed by atoms with E-state index in [4.69, 9.17) is 0 Å². The summed E-state index contributed by atoms with van der Waals surface area (Å²) < 4.78 is 0. The van der Waals surface area contributed by atoms with Crippen LogP contribution in [0.1, 0.15) is 5.56 Å². The van der Waals surface area contributed by atoms with Crippen LogP contribution in [0, 0.1) is 0 Å². The number of hydrazine groups is 1. The highest BCUT2D eigenvalue weighted by molar-refractivity contribution is 8.13. The van der Waals surface area contributed by atoms with E-state index in [0.717, 1.165) is 11.3 Å². The van der Waals surface area contributed by atoms with Crippen LogP contribution in [0.2, 0.25) is 0 Å². The first-order valence-electron chi connectivity index (χ1n) is 6.70. The summed E-state index contributed by atoms with van der Waals surface area (Å²) in [6, 6.07) is 19.9. The summed E-state index contributed by atoms with van der Waals surface area (Å²) in [4.78, 5) is 11.9. The van der Waals surface area contributed by atoms with Crippen molar-refractivity contribution < 1.29 is 4.79 Å². The lowest BCUT2D eigenvalue weighted by Gasteiger charge is -2.25. The van der Waals surface area contributed by atoms with Crippen molar-refractivity contribution in [2.45, 2.75) is 6.54 Å². The highest BCUT2D eigenvalue weighted by Gasteiger charge is 2.10. The highest BCUT2D eigenvalue weighted by atomic mass is 32.2. The first kappa shape index (κ1) is 15.2. The largest absolute Gasteiger partial charge is 0.297 e. The number of hydrogen-bond donors (Lipinski definition) is 1. The topological polar surface area (TPSA) is 32.3 Å². The monoisotopic (exact) mass is 298 g/mol. The first-order chi connectivity index (χ1) is 10.3. The van der Waals surface area contributed by atoms with Gasteiger partial charge in [0.05, 0.1) is 12.2 Å². The Kier molecular flexibility index (Phi) is 5.91. The van der Waals surface area contributed by atoms with Crippen molar-refractivity contribution in [3.8, 4) is 0 Å². The maximum absolute atomic E-state index is 11.9. The fourth-order valence-corrected chi connectivity index (χ4v) is 2.29. The van der Waals surface area contributed by atoms with Crippen molar-refractivity contribution in [1.82, 2.24) is 5.43 Å². The Hall–Kier alpha value is -2.20. The Balaban J connectivity index is 2.11. The summed E-state index contributed by atoms with van der Waals surface area (Å²) in [5, 5.41) is 1.77. The number of benzene rings is 2. The van der Waals surface area contributed by atoms with E-state index in [9.17, 15) is 4.79 Å². The Morgan fingerprint density at radius 2 is 1.71 bits per heavy atom. The smallest absolute Gasteiger partial charge is 0.280 e. The molecule has 1 N–H and O–H groups in total. The van der Waals surface area contributed by atoms with Gasteiger partial charge < -0.3 is 0 Å². The SMILES string of the molecule is C=CCSC(=O)NN(Cc1ccccc1)c1ccccc1. The summed E-state index contributed by atoms with van der Waals surface area (Å²) in [6.07, 6.45) is 1.72. The van der Waals surface area contributed by atoms with E-state index in [2.05, 4.69) is 12.0 Å². The zero-order chi connectivity index (χ0) is 14.9. The molecule has 2 rings (SSSR count). The van der Waals surface area contributed by atoms with Crippen LogP contribution in [-0.2, 0) is 6.54 Å². The highest BCUT2D eigenvalue weighted by Crippen LogP contribution is 2.16. The van der Waals surface area contributed by atoms with Crippen molar-refractivity contribution in [3.63, 3.8) is 0 Å². The number of carbonyl (C=O) groups excluding carboxylic acids is 1. The molecule has 2 aromatic rings. The number of rotatable bonds is 6. The molecule has 21 heavy (non-hydrogen) atoms. The van der Waals surface area contributed by atoms with E-state index in [-0.39, 0.29) is 5.24 Å². The number of amides is 1. The lowest BCUT2D eigenvalue weighted by molar-refractivity contribution is 0.259. The number of hydrogen-bond acceptors (Lipinski definition) is 3. The fraction of sp³-hybridized carbons (Fsp3) is 0.118. The summed E-state index contributed by atoms with van der Waals surface area (Å²) in [6.45, 7) is 4.24. The molecule has 0 fully saturated rings. The van der Waals surface area contributed by atoms with Gasteiger partial charge in [0.15, 0.2) is 0 Å². The number of nitrogens with one attached hydrogen (secondary N) is 1. The number of anilines is 1. The average molecular weight is 298 g/mol. The minimum Gasteiger partial charge on any atom is -0.280 e. The van der Waals surface area contributed by atoms with Gasteiger partial charge in [0.2, 0.25) is 0 Å². The molecule has 2 aromatic carbocycles. The second-order valence-corrected chi connectivity index (χ2v) is 5.40. The molecule has 0 aliphatic rings. The molecule has 0 saturated heterocycles. The third kappa shape index (κ3) is 5.00. The Labute approximate surface area is 129 Å². The van der Waals surface area contributed by atoms with Gasteiger partial charge in [-0.2, -0.15) is 0 Å². The van der Waals surface area contributed by atoms with Gasteiger partial charge in [-0.3, -0.25) is 15.2 Å². The van der Waals surface area contributed by atoms with Gasteiger partial charge in [0.25, 0.3) is 5.24 Å². The molecule has 4 heteroatoms. The molecule has 0 atom stereocenters. The Morgan fingerprint density at radius 1 is 1.10 bits per heavy atom. The molecule has 0 heterocycles. The second kappa shape index (κ2) is 8.17. The zero-order valence-corrected chi connectivity index (χ0v) is 12.6. The van der Waals surface area contributed by atoms with Crippen LogP contribution in [0.4, 0.5) is 10.5 Å². The minimum absolute atomic E-state index is 0.0883. The van der Waals surface area contributed by atoms with Gasteiger partial charge in [0.1, 0.15) is 0 Å². The van der Waals surface area contributed by atoms with Crippen LogP contribution in [0.15, 0.2) is 73.3 Å².